The van der Waals surface area contributed by atoms with Crippen LogP contribution in [0, 0.1) is 0 Å². The summed E-state index contributed by atoms with van der Waals surface area (Å²) in [5, 5.41) is 0. The predicted octanol–water partition coefficient (Wildman–Crippen LogP) is 0.428. The minimum absolute atomic E-state index is 0.943. The van der Waals surface area contributed by atoms with Gasteiger partial charge in [-0.25, -0.2) is 0 Å². The van der Waals surface area contributed by atoms with Crippen LogP contribution >= 0.6 is 0 Å². The third-order valence-corrected chi connectivity index (χ3v) is 5.56. The Kier molecular flexibility index (Phi) is 6.97. The van der Waals surface area contributed by atoms with E-state index in [1.807, 2.05) is 0 Å². The van der Waals surface area contributed by atoms with E-state index in [9.17, 15) is 0 Å². The largest absolute Gasteiger partial charge is 0.500 e. The fourth-order valence-electron chi connectivity index (χ4n) is 1.15. The zero-order valence-corrected chi connectivity index (χ0v) is 11.6. The molecular formula is C7H20O3Si2. The maximum Gasteiger partial charge on any atom is 0.500 e. The lowest BCUT2D eigenvalue weighted by molar-refractivity contribution is 0.123. The summed E-state index contributed by atoms with van der Waals surface area (Å²) in [5.41, 5.74) is 0. The van der Waals surface area contributed by atoms with Gasteiger partial charge in [0.25, 0.3) is 0 Å². The first-order valence-corrected chi connectivity index (χ1v) is 7.74. The molecule has 0 N–H and O–H groups in total. The molecule has 0 aromatic heterocycles. The Balaban J connectivity index is 3.76. The van der Waals surface area contributed by atoms with Crippen LogP contribution in [-0.4, -0.2) is 40.4 Å². The Morgan fingerprint density at radius 1 is 1.00 bits per heavy atom. The first-order valence-electron chi connectivity index (χ1n) is 4.40. The maximum atomic E-state index is 5.29. The van der Waals surface area contributed by atoms with E-state index >= 15 is 0 Å². The minimum Gasteiger partial charge on any atom is -0.377 e. The SMILES string of the molecule is CO[Si](CCCC[SiH3])(OC)OC. The van der Waals surface area contributed by atoms with Crippen molar-refractivity contribution >= 4 is 19.0 Å². The van der Waals surface area contributed by atoms with Crippen molar-refractivity contribution < 1.29 is 13.3 Å². The molecule has 0 aromatic carbocycles. The maximum absolute atomic E-state index is 5.29. The lowest BCUT2D eigenvalue weighted by atomic mass is 10.4. The van der Waals surface area contributed by atoms with Gasteiger partial charge in [-0.2, -0.15) is 0 Å². The second-order valence-electron chi connectivity index (χ2n) is 2.75. The highest BCUT2D eigenvalue weighted by atomic mass is 28.4. The van der Waals surface area contributed by atoms with Crippen LogP contribution in [-0.2, 0) is 13.3 Å². The van der Waals surface area contributed by atoms with Crippen molar-refractivity contribution in [2.75, 3.05) is 21.3 Å². The summed E-state index contributed by atoms with van der Waals surface area (Å²) in [6.45, 7) is 0. The van der Waals surface area contributed by atoms with E-state index in [-0.39, 0.29) is 0 Å². The molecular weight excluding hydrogens is 188 g/mol. The lowest BCUT2D eigenvalue weighted by Crippen LogP contribution is -2.42. The molecule has 0 saturated heterocycles. The minimum atomic E-state index is -2.24. The topological polar surface area (TPSA) is 27.7 Å². The molecule has 0 saturated carbocycles. The summed E-state index contributed by atoms with van der Waals surface area (Å²) in [7, 11) is 4.05. The molecule has 5 heteroatoms. The lowest BCUT2D eigenvalue weighted by Gasteiger charge is -2.23. The van der Waals surface area contributed by atoms with E-state index in [4.69, 9.17) is 13.3 Å². The third kappa shape index (κ3) is 3.82. The molecule has 0 aliphatic rings. The molecule has 0 bridgehead atoms. The summed E-state index contributed by atoms with van der Waals surface area (Å²) in [4.78, 5) is 0. The van der Waals surface area contributed by atoms with Gasteiger partial charge in [-0.05, 0) is 6.42 Å². The summed E-state index contributed by atoms with van der Waals surface area (Å²) in [5.74, 6) is 0. The smallest absolute Gasteiger partial charge is 0.377 e. The Morgan fingerprint density at radius 2 is 1.50 bits per heavy atom. The number of hydrogen-bond acceptors (Lipinski definition) is 3. The fraction of sp³-hybridized carbons (Fsp3) is 1.00. The molecule has 0 atom stereocenters. The van der Waals surface area contributed by atoms with Crippen LogP contribution in [0.1, 0.15) is 12.8 Å². The molecule has 0 radical (unpaired) electrons. The quantitative estimate of drug-likeness (QED) is 0.448. The van der Waals surface area contributed by atoms with Crippen LogP contribution < -0.4 is 0 Å². The van der Waals surface area contributed by atoms with E-state index in [2.05, 4.69) is 0 Å². The van der Waals surface area contributed by atoms with Crippen LogP contribution in [0.2, 0.25) is 12.1 Å². The average molecular weight is 208 g/mol. The van der Waals surface area contributed by atoms with Crippen LogP contribution in [0.5, 0.6) is 0 Å². The Hall–Kier alpha value is 0.314. The molecule has 0 amide bonds. The summed E-state index contributed by atoms with van der Waals surface area (Å²) < 4.78 is 15.9. The van der Waals surface area contributed by atoms with Crippen LogP contribution in [0.15, 0.2) is 0 Å². The zero-order valence-electron chi connectivity index (χ0n) is 8.55. The molecule has 0 fully saturated rings. The van der Waals surface area contributed by atoms with Gasteiger partial charge in [0.1, 0.15) is 0 Å². The van der Waals surface area contributed by atoms with E-state index in [0.29, 0.717) is 0 Å². The fourth-order valence-corrected chi connectivity index (χ4v) is 3.44. The van der Waals surface area contributed by atoms with Crippen molar-refractivity contribution in [3.05, 3.63) is 0 Å². The predicted molar refractivity (Wildman–Crippen MR) is 55.6 cm³/mol. The van der Waals surface area contributed by atoms with E-state index in [0.717, 1.165) is 12.5 Å². The first-order chi connectivity index (χ1) is 5.74. The standard InChI is InChI=1S/C7H20O3Si2/c1-8-12(9-2,10-3)7-5-4-6-11/h4-7H2,1-3,11H3. The second-order valence-corrected chi connectivity index (χ2v) is 6.84. The van der Waals surface area contributed by atoms with Crippen molar-refractivity contribution in [2.24, 2.45) is 0 Å². The Morgan fingerprint density at radius 3 is 1.83 bits per heavy atom. The second kappa shape index (κ2) is 6.79. The van der Waals surface area contributed by atoms with Crippen molar-refractivity contribution in [3.8, 4) is 0 Å². The van der Waals surface area contributed by atoms with Gasteiger partial charge in [-0.15, -0.1) is 0 Å². The highest BCUT2D eigenvalue weighted by Crippen LogP contribution is 2.16. The third-order valence-electron chi connectivity index (χ3n) is 2.02. The van der Waals surface area contributed by atoms with Crippen molar-refractivity contribution in [3.63, 3.8) is 0 Å². The molecule has 0 rings (SSSR count). The molecule has 12 heavy (non-hydrogen) atoms. The van der Waals surface area contributed by atoms with Crippen molar-refractivity contribution in [2.45, 2.75) is 24.9 Å². The van der Waals surface area contributed by atoms with Crippen LogP contribution in [0.4, 0.5) is 0 Å². The van der Waals surface area contributed by atoms with Gasteiger partial charge in [0.2, 0.25) is 0 Å². The molecule has 3 nitrogen and oxygen atoms in total. The summed E-state index contributed by atoms with van der Waals surface area (Å²) in [6.07, 6.45) is 2.43. The molecule has 0 aliphatic heterocycles. The molecule has 0 heterocycles. The first kappa shape index (κ1) is 12.3. The average Bonchev–Trinajstić information content (AvgIpc) is 2.14. The zero-order chi connectivity index (χ0) is 9.45. The molecule has 0 unspecified atom stereocenters. The van der Waals surface area contributed by atoms with Gasteiger partial charge in [0.05, 0.1) is 0 Å². The van der Waals surface area contributed by atoms with Gasteiger partial charge >= 0.3 is 8.80 Å². The van der Waals surface area contributed by atoms with E-state index < -0.39 is 8.80 Å². The van der Waals surface area contributed by atoms with Crippen LogP contribution in [0.3, 0.4) is 0 Å². The van der Waals surface area contributed by atoms with Crippen molar-refractivity contribution in [1.82, 2.24) is 0 Å². The highest BCUT2D eigenvalue weighted by Gasteiger charge is 2.36. The van der Waals surface area contributed by atoms with Gasteiger partial charge in [0.15, 0.2) is 0 Å². The highest BCUT2D eigenvalue weighted by molar-refractivity contribution is 6.60. The molecule has 0 aliphatic carbocycles. The molecule has 74 valence electrons. The van der Waals surface area contributed by atoms with E-state index in [1.165, 1.54) is 22.7 Å². The van der Waals surface area contributed by atoms with Gasteiger partial charge < -0.3 is 13.3 Å². The summed E-state index contributed by atoms with van der Waals surface area (Å²) in [6, 6.07) is 2.29. The Bertz CT molecular complexity index is 98.6. The van der Waals surface area contributed by atoms with Crippen molar-refractivity contribution in [1.29, 1.82) is 0 Å². The number of unbranched alkanes of at least 4 members (excludes halogenated alkanes) is 1. The molecule has 0 spiro atoms. The van der Waals surface area contributed by atoms with Crippen LogP contribution in [0.25, 0.3) is 0 Å². The monoisotopic (exact) mass is 208 g/mol. The summed E-state index contributed by atoms with van der Waals surface area (Å²) >= 11 is 0. The Labute approximate surface area is 79.2 Å². The van der Waals surface area contributed by atoms with Gasteiger partial charge in [0, 0.05) is 37.6 Å². The molecule has 0 aromatic rings. The van der Waals surface area contributed by atoms with Gasteiger partial charge in [-0.1, -0.05) is 12.5 Å². The van der Waals surface area contributed by atoms with Gasteiger partial charge in [-0.3, -0.25) is 0 Å². The number of hydrogen-bond donors (Lipinski definition) is 0. The van der Waals surface area contributed by atoms with E-state index in [1.54, 1.807) is 21.3 Å². The normalized spacial score (nSPS) is 12.2. The number of rotatable bonds is 7.